The molecule has 0 amide bonds. The molecule has 0 saturated heterocycles. The molecule has 0 fully saturated rings. The van der Waals surface area contributed by atoms with Gasteiger partial charge in [0.05, 0.1) is 11.8 Å². The summed E-state index contributed by atoms with van der Waals surface area (Å²) in [4.78, 5) is 19.7. The van der Waals surface area contributed by atoms with Crippen molar-refractivity contribution >= 4 is 11.8 Å². The van der Waals surface area contributed by atoms with Gasteiger partial charge in [-0.15, -0.1) is 0 Å². The van der Waals surface area contributed by atoms with Crippen LogP contribution >= 0.6 is 11.8 Å². The highest BCUT2D eigenvalue weighted by Crippen LogP contribution is 2.23. The first-order chi connectivity index (χ1) is 13.5. The third-order valence-corrected chi connectivity index (χ3v) is 5.30. The number of aliphatic hydroxyl groups is 1. The van der Waals surface area contributed by atoms with Crippen LogP contribution in [0.15, 0.2) is 58.5 Å². The minimum absolute atomic E-state index is 0.214. The molecule has 28 heavy (non-hydrogen) atoms. The van der Waals surface area contributed by atoms with Crippen LogP contribution < -0.4 is 5.56 Å². The zero-order valence-electron chi connectivity index (χ0n) is 15.3. The second kappa shape index (κ2) is 9.12. The number of hydrogen-bond acceptors (Lipinski definition) is 4. The fourth-order valence-corrected chi connectivity index (χ4v) is 3.68. The number of nitrogens with one attached hydrogen (secondary N) is 1. The lowest BCUT2D eigenvalue weighted by molar-refractivity contribution is 0.204. The number of benzene rings is 2. The molecule has 0 bridgehead atoms. The van der Waals surface area contributed by atoms with Crippen LogP contribution in [0.2, 0.25) is 0 Å². The maximum absolute atomic E-state index is 13.1. The summed E-state index contributed by atoms with van der Waals surface area (Å²) in [5.74, 6) is -0.421. The van der Waals surface area contributed by atoms with Crippen LogP contribution in [0.1, 0.15) is 35.4 Å². The summed E-state index contributed by atoms with van der Waals surface area (Å²) in [5.41, 5.74) is 2.46. The van der Waals surface area contributed by atoms with Crippen molar-refractivity contribution in [2.75, 3.05) is 5.75 Å². The molecule has 0 aliphatic rings. The Morgan fingerprint density at radius 2 is 1.68 bits per heavy atom. The Labute approximate surface area is 165 Å². The van der Waals surface area contributed by atoms with Gasteiger partial charge in [-0.3, -0.25) is 4.79 Å². The first-order valence-electron chi connectivity index (χ1n) is 8.89. The van der Waals surface area contributed by atoms with E-state index >= 15 is 0 Å². The van der Waals surface area contributed by atoms with Gasteiger partial charge in [0.1, 0.15) is 11.6 Å². The number of nitrogens with zero attached hydrogens (tertiary/aromatic N) is 1. The molecule has 4 nitrogen and oxygen atoms in total. The van der Waals surface area contributed by atoms with Crippen molar-refractivity contribution in [1.29, 1.82) is 0 Å². The lowest BCUT2D eigenvalue weighted by Gasteiger charge is -2.12. The Morgan fingerprint density at radius 3 is 2.29 bits per heavy atom. The molecule has 1 atom stereocenters. The van der Waals surface area contributed by atoms with Crippen molar-refractivity contribution in [3.8, 4) is 0 Å². The predicted octanol–water partition coefficient (Wildman–Crippen LogP) is 4.03. The SMILES string of the molecule is CCc1c(Cc2ccc(F)cc2)nc(SCC(O)c2ccc(F)cc2)[nH]c1=O. The van der Waals surface area contributed by atoms with E-state index in [4.69, 9.17) is 0 Å². The molecule has 1 unspecified atom stereocenters. The molecular weight excluding hydrogens is 382 g/mol. The third-order valence-electron chi connectivity index (χ3n) is 4.35. The Balaban J connectivity index is 1.77. The van der Waals surface area contributed by atoms with Crippen LogP contribution in [-0.2, 0) is 12.8 Å². The molecule has 0 spiro atoms. The van der Waals surface area contributed by atoms with E-state index in [2.05, 4.69) is 9.97 Å². The highest BCUT2D eigenvalue weighted by molar-refractivity contribution is 7.99. The van der Waals surface area contributed by atoms with E-state index in [0.29, 0.717) is 34.8 Å². The highest BCUT2D eigenvalue weighted by Gasteiger charge is 2.14. The minimum atomic E-state index is -0.817. The molecule has 2 aromatic carbocycles. The molecule has 0 saturated carbocycles. The summed E-state index contributed by atoms with van der Waals surface area (Å²) in [6.07, 6.45) is 0.131. The molecule has 146 valence electrons. The molecule has 3 aromatic rings. The number of aliphatic hydroxyl groups excluding tert-OH is 1. The molecule has 3 rings (SSSR count). The van der Waals surface area contributed by atoms with E-state index in [-0.39, 0.29) is 22.9 Å². The number of thioether (sulfide) groups is 1. The number of aromatic nitrogens is 2. The molecule has 0 radical (unpaired) electrons. The zero-order chi connectivity index (χ0) is 20.1. The summed E-state index contributed by atoms with van der Waals surface area (Å²) in [6.45, 7) is 1.88. The average Bonchev–Trinajstić information content (AvgIpc) is 2.68. The predicted molar refractivity (Wildman–Crippen MR) is 106 cm³/mol. The van der Waals surface area contributed by atoms with Crippen molar-refractivity contribution in [1.82, 2.24) is 9.97 Å². The largest absolute Gasteiger partial charge is 0.388 e. The van der Waals surface area contributed by atoms with E-state index in [1.807, 2.05) is 6.92 Å². The second-order valence-corrected chi connectivity index (χ2v) is 7.34. The van der Waals surface area contributed by atoms with Crippen LogP contribution in [0, 0.1) is 11.6 Å². The fourth-order valence-electron chi connectivity index (χ4n) is 2.84. The van der Waals surface area contributed by atoms with E-state index in [1.54, 1.807) is 12.1 Å². The fraction of sp³-hybridized carbons (Fsp3) is 0.238. The zero-order valence-corrected chi connectivity index (χ0v) is 16.1. The third kappa shape index (κ3) is 5.05. The summed E-state index contributed by atoms with van der Waals surface area (Å²) in [6, 6.07) is 11.7. The molecule has 0 aliphatic carbocycles. The van der Waals surface area contributed by atoms with Gasteiger partial charge in [0.15, 0.2) is 5.16 Å². The maximum atomic E-state index is 13.1. The molecule has 2 N–H and O–H groups in total. The topological polar surface area (TPSA) is 66.0 Å². The van der Waals surface area contributed by atoms with E-state index in [1.165, 1.54) is 48.2 Å². The summed E-state index contributed by atoms with van der Waals surface area (Å²) < 4.78 is 26.1. The van der Waals surface area contributed by atoms with Gasteiger partial charge in [0.25, 0.3) is 5.56 Å². The Kier molecular flexibility index (Phi) is 6.59. The van der Waals surface area contributed by atoms with Gasteiger partial charge in [-0.2, -0.15) is 0 Å². The monoisotopic (exact) mass is 402 g/mol. The van der Waals surface area contributed by atoms with Gasteiger partial charge in [-0.25, -0.2) is 13.8 Å². The van der Waals surface area contributed by atoms with Crippen molar-refractivity contribution in [3.63, 3.8) is 0 Å². The summed E-state index contributed by atoms with van der Waals surface area (Å²) in [7, 11) is 0. The van der Waals surface area contributed by atoms with Crippen molar-refractivity contribution < 1.29 is 13.9 Å². The van der Waals surface area contributed by atoms with Crippen LogP contribution in [0.4, 0.5) is 8.78 Å². The van der Waals surface area contributed by atoms with Crippen LogP contribution in [0.25, 0.3) is 0 Å². The maximum Gasteiger partial charge on any atom is 0.254 e. The highest BCUT2D eigenvalue weighted by atomic mass is 32.2. The second-order valence-electron chi connectivity index (χ2n) is 6.33. The number of aromatic amines is 1. The number of halogens is 2. The van der Waals surface area contributed by atoms with Gasteiger partial charge in [0, 0.05) is 17.7 Å². The smallest absolute Gasteiger partial charge is 0.254 e. The quantitative estimate of drug-likeness (QED) is 0.463. The molecule has 0 aliphatic heterocycles. The van der Waals surface area contributed by atoms with Crippen LogP contribution in [0.3, 0.4) is 0 Å². The molecule has 7 heteroatoms. The molecule has 1 aromatic heterocycles. The Bertz CT molecular complexity index is 989. The van der Waals surface area contributed by atoms with Crippen molar-refractivity contribution in [2.45, 2.75) is 31.0 Å². The van der Waals surface area contributed by atoms with Crippen LogP contribution in [0.5, 0.6) is 0 Å². The first-order valence-corrected chi connectivity index (χ1v) is 9.87. The number of rotatable bonds is 7. The number of hydrogen-bond donors (Lipinski definition) is 2. The van der Waals surface area contributed by atoms with Gasteiger partial charge < -0.3 is 10.1 Å². The minimum Gasteiger partial charge on any atom is -0.388 e. The Morgan fingerprint density at radius 1 is 1.07 bits per heavy atom. The first kappa shape index (κ1) is 20.2. The lowest BCUT2D eigenvalue weighted by atomic mass is 10.0. The van der Waals surface area contributed by atoms with Crippen molar-refractivity contribution in [3.05, 3.63) is 92.9 Å². The van der Waals surface area contributed by atoms with Gasteiger partial charge >= 0.3 is 0 Å². The molecular formula is C21H20F2N2O2S. The van der Waals surface area contributed by atoms with Gasteiger partial charge in [-0.05, 0) is 41.8 Å². The summed E-state index contributed by atoms with van der Waals surface area (Å²) in [5, 5.41) is 10.7. The van der Waals surface area contributed by atoms with Gasteiger partial charge in [0.2, 0.25) is 0 Å². The van der Waals surface area contributed by atoms with Crippen LogP contribution in [-0.4, -0.2) is 20.8 Å². The van der Waals surface area contributed by atoms with Gasteiger partial charge in [-0.1, -0.05) is 43.0 Å². The van der Waals surface area contributed by atoms with E-state index < -0.39 is 6.10 Å². The Hall–Kier alpha value is -2.51. The average molecular weight is 402 g/mol. The standard InChI is InChI=1S/C21H20F2N2O2S/c1-2-17-18(11-13-3-7-15(22)8-4-13)24-21(25-20(17)27)28-12-19(26)14-5-9-16(23)10-6-14/h3-10,19,26H,2,11-12H2,1H3,(H,24,25,27). The molecule has 1 heterocycles. The van der Waals surface area contributed by atoms with E-state index in [0.717, 1.165) is 5.56 Å². The normalized spacial score (nSPS) is 12.1. The lowest BCUT2D eigenvalue weighted by Crippen LogP contribution is -2.19. The summed E-state index contributed by atoms with van der Waals surface area (Å²) >= 11 is 1.22. The number of H-pyrrole nitrogens is 1. The van der Waals surface area contributed by atoms with Crippen molar-refractivity contribution in [2.24, 2.45) is 0 Å². The van der Waals surface area contributed by atoms with E-state index in [9.17, 15) is 18.7 Å².